The number of imide groups is 1. The first-order valence-electron chi connectivity index (χ1n) is 8.69. The molecule has 0 radical (unpaired) electrons. The van der Waals surface area contributed by atoms with Crippen LogP contribution in [0.15, 0.2) is 42.5 Å². The number of hydrogen-bond acceptors (Lipinski definition) is 4. The summed E-state index contributed by atoms with van der Waals surface area (Å²) in [6, 6.07) is 13.1. The molecule has 1 saturated heterocycles. The third-order valence-corrected chi connectivity index (χ3v) is 4.82. The van der Waals surface area contributed by atoms with Crippen molar-refractivity contribution in [3.05, 3.63) is 64.7 Å². The summed E-state index contributed by atoms with van der Waals surface area (Å²) in [5, 5.41) is 0. The van der Waals surface area contributed by atoms with Gasteiger partial charge in [-0.2, -0.15) is 0 Å². The Labute approximate surface area is 153 Å². The van der Waals surface area contributed by atoms with Crippen LogP contribution in [0.3, 0.4) is 0 Å². The van der Waals surface area contributed by atoms with Gasteiger partial charge in [0, 0.05) is 6.42 Å². The summed E-state index contributed by atoms with van der Waals surface area (Å²) in [7, 11) is 1.64. The average Bonchev–Trinajstić information content (AvgIpc) is 3.03. The van der Waals surface area contributed by atoms with Gasteiger partial charge >= 0.3 is 6.09 Å². The molecule has 1 heterocycles. The zero-order chi connectivity index (χ0) is 18.7. The molecule has 0 N–H and O–H groups in total. The monoisotopic (exact) mass is 353 g/mol. The van der Waals surface area contributed by atoms with Gasteiger partial charge in [0.1, 0.15) is 18.4 Å². The summed E-state index contributed by atoms with van der Waals surface area (Å²) in [5.41, 5.74) is 4.18. The van der Waals surface area contributed by atoms with E-state index >= 15 is 0 Å². The van der Waals surface area contributed by atoms with Gasteiger partial charge in [0.05, 0.1) is 7.11 Å². The van der Waals surface area contributed by atoms with Crippen LogP contribution in [-0.4, -0.2) is 30.6 Å². The fraction of sp³-hybridized carbons (Fsp3) is 0.333. The molecule has 5 heteroatoms. The number of benzene rings is 2. The van der Waals surface area contributed by atoms with Crippen LogP contribution in [0.5, 0.6) is 5.75 Å². The van der Waals surface area contributed by atoms with Gasteiger partial charge in [0.15, 0.2) is 0 Å². The number of aryl methyl sites for hydroxylation is 2. The maximum Gasteiger partial charge on any atom is 0.417 e. The third-order valence-electron chi connectivity index (χ3n) is 4.82. The van der Waals surface area contributed by atoms with Crippen LogP contribution in [0.1, 0.15) is 34.7 Å². The van der Waals surface area contributed by atoms with Crippen molar-refractivity contribution in [3.63, 3.8) is 0 Å². The molecule has 0 unspecified atom stereocenters. The topological polar surface area (TPSA) is 55.8 Å². The number of methoxy groups -OCH3 is 1. The molecule has 0 aliphatic carbocycles. The lowest BCUT2D eigenvalue weighted by Crippen LogP contribution is -2.34. The maximum atomic E-state index is 12.8. The number of hydrogen-bond donors (Lipinski definition) is 0. The lowest BCUT2D eigenvalue weighted by molar-refractivity contribution is -0.129. The zero-order valence-corrected chi connectivity index (χ0v) is 15.3. The Morgan fingerprint density at radius 3 is 2.46 bits per heavy atom. The van der Waals surface area contributed by atoms with Crippen LogP contribution < -0.4 is 4.74 Å². The highest BCUT2D eigenvalue weighted by atomic mass is 16.6. The minimum Gasteiger partial charge on any atom is -0.497 e. The summed E-state index contributed by atoms with van der Waals surface area (Å²) >= 11 is 0. The lowest BCUT2D eigenvalue weighted by Gasteiger charge is -2.20. The molecule has 26 heavy (non-hydrogen) atoms. The molecule has 2 amide bonds. The molecule has 1 atom stereocenters. The van der Waals surface area contributed by atoms with Gasteiger partial charge in [-0.25, -0.2) is 9.69 Å². The highest BCUT2D eigenvalue weighted by Gasteiger charge is 2.38. The fourth-order valence-corrected chi connectivity index (χ4v) is 3.44. The number of rotatable bonds is 5. The number of amides is 2. The molecule has 2 aromatic carbocycles. The average molecular weight is 353 g/mol. The second-order valence-electron chi connectivity index (χ2n) is 6.51. The molecule has 3 rings (SSSR count). The van der Waals surface area contributed by atoms with Crippen molar-refractivity contribution < 1.29 is 19.1 Å². The van der Waals surface area contributed by atoms with E-state index in [-0.39, 0.29) is 25.0 Å². The SMILES string of the molecule is COc1cc(C)c(CCC(=O)N2C(=O)OC[C@@H]2c2ccccc2)c(C)c1. The van der Waals surface area contributed by atoms with E-state index in [9.17, 15) is 9.59 Å². The number of nitrogens with zero attached hydrogens (tertiary/aromatic N) is 1. The molecule has 1 fully saturated rings. The predicted octanol–water partition coefficient (Wildman–Crippen LogP) is 3.96. The normalized spacial score (nSPS) is 16.5. The number of carbonyl (C=O) groups is 2. The van der Waals surface area contributed by atoms with Crippen molar-refractivity contribution in [2.24, 2.45) is 0 Å². The molecule has 2 aromatic rings. The first-order chi connectivity index (χ1) is 12.5. The molecule has 136 valence electrons. The van der Waals surface area contributed by atoms with Crippen molar-refractivity contribution >= 4 is 12.0 Å². The standard InChI is InChI=1S/C21H23NO4/c1-14-11-17(25-3)12-15(2)18(14)9-10-20(23)22-19(13-26-21(22)24)16-7-5-4-6-8-16/h4-8,11-12,19H,9-10,13H2,1-3H3/t19-/m1/s1. The molecular weight excluding hydrogens is 330 g/mol. The molecule has 1 aliphatic heterocycles. The number of cyclic esters (lactones) is 1. The van der Waals surface area contributed by atoms with E-state index in [1.54, 1.807) is 7.11 Å². The summed E-state index contributed by atoms with van der Waals surface area (Å²) in [4.78, 5) is 26.1. The van der Waals surface area contributed by atoms with Crippen LogP contribution >= 0.6 is 0 Å². The van der Waals surface area contributed by atoms with E-state index in [1.807, 2.05) is 56.3 Å². The molecular formula is C21H23NO4. The van der Waals surface area contributed by atoms with Crippen LogP contribution in [-0.2, 0) is 16.0 Å². The van der Waals surface area contributed by atoms with E-state index < -0.39 is 6.09 Å². The van der Waals surface area contributed by atoms with E-state index in [0.717, 1.165) is 28.0 Å². The van der Waals surface area contributed by atoms with Gasteiger partial charge in [0.2, 0.25) is 5.91 Å². The molecule has 1 aliphatic rings. The number of carbonyl (C=O) groups excluding carboxylic acids is 2. The Morgan fingerprint density at radius 1 is 1.19 bits per heavy atom. The van der Waals surface area contributed by atoms with Crippen molar-refractivity contribution in [2.75, 3.05) is 13.7 Å². The van der Waals surface area contributed by atoms with Crippen LogP contribution in [0.25, 0.3) is 0 Å². The van der Waals surface area contributed by atoms with Gasteiger partial charge in [-0.3, -0.25) is 4.79 Å². The van der Waals surface area contributed by atoms with E-state index in [2.05, 4.69) is 0 Å². The summed E-state index contributed by atoms with van der Waals surface area (Å²) < 4.78 is 10.4. The van der Waals surface area contributed by atoms with E-state index in [0.29, 0.717) is 6.42 Å². The third kappa shape index (κ3) is 3.57. The summed E-state index contributed by atoms with van der Waals surface area (Å²) in [5.74, 6) is 0.596. The Hall–Kier alpha value is -2.82. The van der Waals surface area contributed by atoms with Gasteiger partial charge in [0.25, 0.3) is 0 Å². The van der Waals surface area contributed by atoms with Crippen LogP contribution in [0.2, 0.25) is 0 Å². The molecule has 0 bridgehead atoms. The Balaban J connectivity index is 1.74. The van der Waals surface area contributed by atoms with Gasteiger partial charge in [-0.05, 0) is 54.7 Å². The Bertz CT molecular complexity index is 793. The first kappa shape index (κ1) is 18.0. The van der Waals surface area contributed by atoms with Crippen LogP contribution in [0, 0.1) is 13.8 Å². The zero-order valence-electron chi connectivity index (χ0n) is 15.3. The van der Waals surface area contributed by atoms with Gasteiger partial charge < -0.3 is 9.47 Å². The lowest BCUT2D eigenvalue weighted by atomic mass is 9.97. The smallest absolute Gasteiger partial charge is 0.417 e. The van der Waals surface area contributed by atoms with E-state index in [1.165, 1.54) is 4.90 Å². The largest absolute Gasteiger partial charge is 0.497 e. The quantitative estimate of drug-likeness (QED) is 0.816. The first-order valence-corrected chi connectivity index (χ1v) is 8.69. The van der Waals surface area contributed by atoms with Gasteiger partial charge in [-0.15, -0.1) is 0 Å². The minimum atomic E-state index is -0.563. The Morgan fingerprint density at radius 2 is 1.85 bits per heavy atom. The second kappa shape index (κ2) is 7.60. The van der Waals surface area contributed by atoms with Crippen molar-refractivity contribution in [1.82, 2.24) is 4.90 Å². The molecule has 0 aromatic heterocycles. The van der Waals surface area contributed by atoms with E-state index in [4.69, 9.17) is 9.47 Å². The van der Waals surface area contributed by atoms with Gasteiger partial charge in [-0.1, -0.05) is 30.3 Å². The van der Waals surface area contributed by atoms with Crippen molar-refractivity contribution in [2.45, 2.75) is 32.7 Å². The Kier molecular flexibility index (Phi) is 5.26. The molecule has 5 nitrogen and oxygen atoms in total. The second-order valence-corrected chi connectivity index (χ2v) is 6.51. The van der Waals surface area contributed by atoms with Crippen molar-refractivity contribution in [1.29, 1.82) is 0 Å². The number of ether oxygens (including phenoxy) is 2. The minimum absolute atomic E-state index is 0.204. The predicted molar refractivity (Wildman–Crippen MR) is 98.2 cm³/mol. The maximum absolute atomic E-state index is 12.8. The highest BCUT2D eigenvalue weighted by molar-refractivity contribution is 5.93. The van der Waals surface area contributed by atoms with Crippen LogP contribution in [0.4, 0.5) is 4.79 Å². The molecule has 0 saturated carbocycles. The summed E-state index contributed by atoms with van der Waals surface area (Å²) in [6.45, 7) is 4.22. The molecule has 0 spiro atoms. The fourth-order valence-electron chi connectivity index (χ4n) is 3.44. The summed E-state index contributed by atoms with van der Waals surface area (Å²) in [6.07, 6.45) is 0.269. The van der Waals surface area contributed by atoms with Crippen molar-refractivity contribution in [3.8, 4) is 5.75 Å². The highest BCUT2D eigenvalue weighted by Crippen LogP contribution is 2.29.